The van der Waals surface area contributed by atoms with Gasteiger partial charge < -0.3 is 0 Å². The Morgan fingerprint density at radius 2 is 1.50 bits per heavy atom. The average Bonchev–Trinajstić information content (AvgIpc) is 2.33. The smallest absolute Gasteiger partial charge is 0.167 e. The Bertz CT molecular complexity index is 565. The molecule has 2 aromatic carbocycles. The van der Waals surface area contributed by atoms with Gasteiger partial charge in [0.15, 0.2) is 5.78 Å². The minimum absolute atomic E-state index is 0.182. The normalized spacial score (nSPS) is 10.4. The number of carbonyl (C=O) groups is 1. The van der Waals surface area contributed by atoms with Crippen LogP contribution in [0.5, 0.6) is 0 Å². The van der Waals surface area contributed by atoms with E-state index in [1.54, 1.807) is 0 Å². The summed E-state index contributed by atoms with van der Waals surface area (Å²) in [6, 6.07) is 14.0. The number of carbonyl (C=O) groups excluding carboxylic acids is 1. The first-order valence-electron chi connectivity index (χ1n) is 6.22. The second kappa shape index (κ2) is 5.18. The van der Waals surface area contributed by atoms with E-state index < -0.39 is 0 Å². The van der Waals surface area contributed by atoms with E-state index >= 15 is 0 Å². The minimum atomic E-state index is 0.182. The van der Waals surface area contributed by atoms with Crippen LogP contribution in [0.3, 0.4) is 0 Å². The highest BCUT2D eigenvalue weighted by Gasteiger charge is 2.08. The molecule has 0 aliphatic carbocycles. The van der Waals surface area contributed by atoms with Crippen LogP contribution in [-0.2, 0) is 6.42 Å². The van der Waals surface area contributed by atoms with Crippen molar-refractivity contribution in [3.05, 3.63) is 70.3 Å². The molecule has 0 heterocycles. The first-order valence-corrected chi connectivity index (χ1v) is 6.22. The third kappa shape index (κ3) is 2.86. The van der Waals surface area contributed by atoms with Crippen molar-refractivity contribution in [1.82, 2.24) is 0 Å². The number of rotatable bonds is 3. The lowest BCUT2D eigenvalue weighted by Crippen LogP contribution is -2.05. The summed E-state index contributed by atoms with van der Waals surface area (Å²) in [7, 11) is 0. The topological polar surface area (TPSA) is 17.1 Å². The standard InChI is InChI=1S/C17H18O/c1-12-4-7-15(8-5-12)17(18)11-16-9-6-13(2)10-14(16)3/h4-10H,11H2,1-3H3. The highest BCUT2D eigenvalue weighted by Crippen LogP contribution is 2.14. The maximum absolute atomic E-state index is 12.2. The van der Waals surface area contributed by atoms with Crippen LogP contribution in [-0.4, -0.2) is 5.78 Å². The molecule has 1 nitrogen and oxygen atoms in total. The molecule has 0 aliphatic heterocycles. The number of benzene rings is 2. The Labute approximate surface area is 108 Å². The first-order chi connectivity index (χ1) is 8.56. The molecule has 0 aromatic heterocycles. The second-order valence-electron chi connectivity index (χ2n) is 4.90. The van der Waals surface area contributed by atoms with Gasteiger partial charge in [-0.25, -0.2) is 0 Å². The molecule has 1 heteroatoms. The van der Waals surface area contributed by atoms with E-state index in [9.17, 15) is 4.79 Å². The molecule has 0 spiro atoms. The van der Waals surface area contributed by atoms with E-state index in [0.29, 0.717) is 6.42 Å². The van der Waals surface area contributed by atoms with Gasteiger partial charge >= 0.3 is 0 Å². The maximum atomic E-state index is 12.2. The number of hydrogen-bond donors (Lipinski definition) is 0. The predicted molar refractivity (Wildman–Crippen MR) is 75.1 cm³/mol. The quantitative estimate of drug-likeness (QED) is 0.738. The highest BCUT2D eigenvalue weighted by atomic mass is 16.1. The summed E-state index contributed by atoms with van der Waals surface area (Å²) >= 11 is 0. The molecule has 0 atom stereocenters. The van der Waals surface area contributed by atoms with Crippen LogP contribution in [0.25, 0.3) is 0 Å². The molecule has 0 aliphatic rings. The first kappa shape index (κ1) is 12.6. The Balaban J connectivity index is 2.18. The maximum Gasteiger partial charge on any atom is 0.167 e. The highest BCUT2D eigenvalue weighted by molar-refractivity contribution is 5.97. The summed E-state index contributed by atoms with van der Waals surface area (Å²) in [5.74, 6) is 0.182. The zero-order valence-corrected chi connectivity index (χ0v) is 11.2. The summed E-state index contributed by atoms with van der Waals surface area (Å²) in [5.41, 5.74) is 5.51. The van der Waals surface area contributed by atoms with Crippen molar-refractivity contribution in [3.63, 3.8) is 0 Å². The molecule has 92 valence electrons. The number of hydrogen-bond acceptors (Lipinski definition) is 1. The Kier molecular flexibility index (Phi) is 3.61. The molecule has 0 N–H and O–H groups in total. The fourth-order valence-corrected chi connectivity index (χ4v) is 2.06. The lowest BCUT2D eigenvalue weighted by atomic mass is 9.98. The number of Topliss-reactive ketones (excluding diaryl/α,β-unsaturated/α-hetero) is 1. The third-order valence-corrected chi connectivity index (χ3v) is 3.22. The molecule has 0 bridgehead atoms. The van der Waals surface area contributed by atoms with E-state index in [2.05, 4.69) is 32.0 Å². The fraction of sp³-hybridized carbons (Fsp3) is 0.235. The zero-order chi connectivity index (χ0) is 13.1. The van der Waals surface area contributed by atoms with Crippen LogP contribution in [0.2, 0.25) is 0 Å². The van der Waals surface area contributed by atoms with Crippen LogP contribution < -0.4 is 0 Å². The molecule has 0 saturated carbocycles. The summed E-state index contributed by atoms with van der Waals surface area (Å²) in [6.45, 7) is 6.15. The molecular formula is C17H18O. The molecule has 0 radical (unpaired) electrons. The van der Waals surface area contributed by atoms with E-state index in [4.69, 9.17) is 0 Å². The molecule has 18 heavy (non-hydrogen) atoms. The van der Waals surface area contributed by atoms with Gasteiger partial charge in [-0.05, 0) is 31.9 Å². The number of aryl methyl sites for hydroxylation is 3. The molecule has 0 fully saturated rings. The average molecular weight is 238 g/mol. The van der Waals surface area contributed by atoms with E-state index in [1.165, 1.54) is 16.7 Å². The van der Waals surface area contributed by atoms with Crippen molar-refractivity contribution in [2.24, 2.45) is 0 Å². The van der Waals surface area contributed by atoms with Gasteiger partial charge in [-0.1, -0.05) is 53.6 Å². The van der Waals surface area contributed by atoms with Crippen molar-refractivity contribution in [3.8, 4) is 0 Å². The van der Waals surface area contributed by atoms with Crippen molar-refractivity contribution in [2.45, 2.75) is 27.2 Å². The Hall–Kier alpha value is -1.89. The molecule has 0 unspecified atom stereocenters. The van der Waals surface area contributed by atoms with Gasteiger partial charge in [0, 0.05) is 12.0 Å². The molecule has 2 aromatic rings. The fourth-order valence-electron chi connectivity index (χ4n) is 2.06. The summed E-state index contributed by atoms with van der Waals surface area (Å²) in [6.07, 6.45) is 0.481. The summed E-state index contributed by atoms with van der Waals surface area (Å²) in [4.78, 5) is 12.2. The Morgan fingerprint density at radius 1 is 0.889 bits per heavy atom. The van der Waals surface area contributed by atoms with Gasteiger partial charge in [0.05, 0.1) is 0 Å². The van der Waals surface area contributed by atoms with Gasteiger partial charge in [-0.3, -0.25) is 4.79 Å². The van der Waals surface area contributed by atoms with Gasteiger partial charge in [-0.2, -0.15) is 0 Å². The minimum Gasteiger partial charge on any atom is -0.294 e. The van der Waals surface area contributed by atoms with E-state index in [1.807, 2.05) is 31.2 Å². The monoisotopic (exact) mass is 238 g/mol. The Morgan fingerprint density at radius 3 is 2.11 bits per heavy atom. The van der Waals surface area contributed by atoms with Gasteiger partial charge in [0.2, 0.25) is 0 Å². The SMILES string of the molecule is Cc1ccc(C(=O)Cc2ccc(C)cc2C)cc1. The lowest BCUT2D eigenvalue weighted by Gasteiger charge is -2.06. The summed E-state index contributed by atoms with van der Waals surface area (Å²) < 4.78 is 0. The second-order valence-corrected chi connectivity index (χ2v) is 4.90. The van der Waals surface area contributed by atoms with Gasteiger partial charge in [-0.15, -0.1) is 0 Å². The largest absolute Gasteiger partial charge is 0.294 e. The zero-order valence-electron chi connectivity index (χ0n) is 11.2. The summed E-state index contributed by atoms with van der Waals surface area (Å²) in [5, 5.41) is 0. The van der Waals surface area contributed by atoms with Crippen molar-refractivity contribution >= 4 is 5.78 Å². The van der Waals surface area contributed by atoms with Crippen molar-refractivity contribution in [2.75, 3.05) is 0 Å². The molecule has 2 rings (SSSR count). The van der Waals surface area contributed by atoms with Gasteiger partial charge in [0.25, 0.3) is 0 Å². The number of ketones is 1. The van der Waals surface area contributed by atoms with Crippen LogP contribution in [0.1, 0.15) is 32.6 Å². The van der Waals surface area contributed by atoms with Gasteiger partial charge in [0.1, 0.15) is 0 Å². The lowest BCUT2D eigenvalue weighted by molar-refractivity contribution is 0.0993. The third-order valence-electron chi connectivity index (χ3n) is 3.22. The van der Waals surface area contributed by atoms with Crippen molar-refractivity contribution in [1.29, 1.82) is 0 Å². The molecule has 0 amide bonds. The van der Waals surface area contributed by atoms with Crippen molar-refractivity contribution < 1.29 is 4.79 Å². The van der Waals surface area contributed by atoms with Crippen LogP contribution in [0.4, 0.5) is 0 Å². The predicted octanol–water partition coefficient (Wildman–Crippen LogP) is 4.04. The van der Waals surface area contributed by atoms with Crippen LogP contribution in [0.15, 0.2) is 42.5 Å². The molecular weight excluding hydrogens is 220 g/mol. The van der Waals surface area contributed by atoms with E-state index in [-0.39, 0.29) is 5.78 Å². The molecule has 0 saturated heterocycles. The van der Waals surface area contributed by atoms with Crippen LogP contribution >= 0.6 is 0 Å². The van der Waals surface area contributed by atoms with E-state index in [0.717, 1.165) is 11.1 Å². The van der Waals surface area contributed by atoms with Crippen LogP contribution in [0, 0.1) is 20.8 Å².